The van der Waals surface area contributed by atoms with Crippen molar-refractivity contribution in [2.75, 3.05) is 58.9 Å². The van der Waals surface area contributed by atoms with Crippen molar-refractivity contribution in [1.29, 1.82) is 0 Å². The number of likely N-dealkylation sites (tertiary alicyclic amines) is 1. The average Bonchev–Trinajstić information content (AvgIpc) is 3.15. The molecule has 0 spiro atoms. The van der Waals surface area contributed by atoms with Gasteiger partial charge in [-0.05, 0) is 31.4 Å². The number of hydrogen-bond acceptors (Lipinski definition) is 6. The summed E-state index contributed by atoms with van der Waals surface area (Å²) in [6, 6.07) is 8.21. The highest BCUT2D eigenvalue weighted by Crippen LogP contribution is 2.24. The molecule has 0 atom stereocenters. The summed E-state index contributed by atoms with van der Waals surface area (Å²) in [7, 11) is 3.57. The second kappa shape index (κ2) is 13.2. The summed E-state index contributed by atoms with van der Waals surface area (Å²) >= 11 is 1.69. The molecule has 1 aliphatic heterocycles. The van der Waals surface area contributed by atoms with Gasteiger partial charge >= 0.3 is 0 Å². The van der Waals surface area contributed by atoms with Crippen LogP contribution in [0.2, 0.25) is 0 Å². The maximum atomic E-state index is 5.94. The largest absolute Gasteiger partial charge is 0.385 e. The van der Waals surface area contributed by atoms with E-state index in [1.807, 2.05) is 25.2 Å². The van der Waals surface area contributed by atoms with Gasteiger partial charge in [0, 0.05) is 53.6 Å². The SMILES string of the molecule is CN=C(NCCNc1nc2ccccc2s1)N1CCC(OCCCOC)CC1.I. The number of anilines is 1. The maximum absolute atomic E-state index is 5.94. The number of nitrogens with zero attached hydrogens (tertiary/aromatic N) is 3. The van der Waals surface area contributed by atoms with E-state index < -0.39 is 0 Å². The Balaban J connectivity index is 0.00000300. The molecule has 3 rings (SSSR count). The van der Waals surface area contributed by atoms with Crippen molar-refractivity contribution in [2.45, 2.75) is 25.4 Å². The molecule has 1 fully saturated rings. The second-order valence-corrected chi connectivity index (χ2v) is 7.82. The molecule has 0 amide bonds. The fourth-order valence-corrected chi connectivity index (χ4v) is 4.20. The number of aromatic nitrogens is 1. The zero-order valence-electron chi connectivity index (χ0n) is 17.2. The molecule has 162 valence electrons. The minimum absolute atomic E-state index is 0. The number of guanidine groups is 1. The molecule has 2 N–H and O–H groups in total. The summed E-state index contributed by atoms with van der Waals surface area (Å²) < 4.78 is 12.2. The van der Waals surface area contributed by atoms with E-state index in [9.17, 15) is 0 Å². The normalized spacial score (nSPS) is 15.4. The smallest absolute Gasteiger partial charge is 0.193 e. The summed E-state index contributed by atoms with van der Waals surface area (Å²) in [5.74, 6) is 0.962. The number of halogens is 1. The highest BCUT2D eigenvalue weighted by atomic mass is 127. The summed E-state index contributed by atoms with van der Waals surface area (Å²) in [5.41, 5.74) is 1.05. The summed E-state index contributed by atoms with van der Waals surface area (Å²) in [5, 5.41) is 7.81. The van der Waals surface area contributed by atoms with Crippen molar-refractivity contribution in [3.05, 3.63) is 24.3 Å². The first-order valence-corrected chi connectivity index (χ1v) is 10.8. The summed E-state index contributed by atoms with van der Waals surface area (Å²) in [6.45, 7) is 5.09. The van der Waals surface area contributed by atoms with E-state index in [-0.39, 0.29) is 24.0 Å². The van der Waals surface area contributed by atoms with Gasteiger partial charge in [0.05, 0.1) is 16.3 Å². The van der Waals surface area contributed by atoms with Gasteiger partial charge in [0.1, 0.15) is 0 Å². The maximum Gasteiger partial charge on any atom is 0.193 e. The van der Waals surface area contributed by atoms with E-state index in [2.05, 4.69) is 31.6 Å². The number of para-hydroxylation sites is 1. The lowest BCUT2D eigenvalue weighted by molar-refractivity contribution is 0.00992. The fraction of sp³-hybridized carbons (Fsp3) is 0.600. The lowest BCUT2D eigenvalue weighted by Crippen LogP contribution is -2.47. The molecule has 1 saturated heterocycles. The Morgan fingerprint density at radius 1 is 1.24 bits per heavy atom. The Morgan fingerprint density at radius 3 is 2.76 bits per heavy atom. The number of methoxy groups -OCH3 is 1. The number of benzene rings is 1. The van der Waals surface area contributed by atoms with E-state index in [0.29, 0.717) is 6.10 Å². The fourth-order valence-electron chi connectivity index (χ4n) is 3.31. The van der Waals surface area contributed by atoms with Gasteiger partial charge in [-0.15, -0.1) is 24.0 Å². The molecule has 1 aromatic heterocycles. The van der Waals surface area contributed by atoms with Gasteiger partial charge in [0.25, 0.3) is 0 Å². The van der Waals surface area contributed by atoms with Crippen molar-refractivity contribution in [3.63, 3.8) is 0 Å². The third-order valence-corrected chi connectivity index (χ3v) is 5.77. The van der Waals surface area contributed by atoms with Crippen molar-refractivity contribution < 1.29 is 9.47 Å². The van der Waals surface area contributed by atoms with Crippen LogP contribution < -0.4 is 10.6 Å². The first-order chi connectivity index (χ1) is 13.8. The van der Waals surface area contributed by atoms with Crippen LogP contribution in [0.1, 0.15) is 19.3 Å². The molecule has 0 unspecified atom stereocenters. The molecule has 1 aromatic carbocycles. The molecule has 0 saturated carbocycles. The Bertz CT molecular complexity index is 716. The van der Waals surface area contributed by atoms with Gasteiger partial charge in [0.2, 0.25) is 0 Å². The quantitative estimate of drug-likeness (QED) is 0.223. The molecule has 2 aromatic rings. The van der Waals surface area contributed by atoms with Crippen LogP contribution in [-0.2, 0) is 9.47 Å². The van der Waals surface area contributed by atoms with Gasteiger partial charge < -0.3 is 25.0 Å². The predicted octanol–water partition coefficient (Wildman–Crippen LogP) is 3.42. The molecule has 0 radical (unpaired) electrons. The second-order valence-electron chi connectivity index (χ2n) is 6.79. The van der Waals surface area contributed by atoms with E-state index in [4.69, 9.17) is 9.47 Å². The van der Waals surface area contributed by atoms with Crippen molar-refractivity contribution in [1.82, 2.24) is 15.2 Å². The van der Waals surface area contributed by atoms with Gasteiger partial charge in [-0.2, -0.15) is 0 Å². The lowest BCUT2D eigenvalue weighted by Gasteiger charge is -2.34. The molecule has 9 heteroatoms. The Morgan fingerprint density at radius 2 is 2.03 bits per heavy atom. The van der Waals surface area contributed by atoms with Crippen LogP contribution in [0.5, 0.6) is 0 Å². The van der Waals surface area contributed by atoms with Gasteiger partial charge in [-0.25, -0.2) is 4.98 Å². The average molecular weight is 533 g/mol. The standard InChI is InChI=1S/C20H31N5O2S.HI/c1-21-19(25-12-8-16(9-13-25)27-15-5-14-26-2)22-10-11-23-20-24-17-6-3-4-7-18(17)28-20;/h3-4,6-7,16H,5,8-15H2,1-2H3,(H,21,22)(H,23,24);1H. The first kappa shape index (κ1) is 24.1. The number of aliphatic imine (C=N–C) groups is 1. The van der Waals surface area contributed by atoms with Crippen LogP contribution >= 0.6 is 35.3 Å². The monoisotopic (exact) mass is 533 g/mol. The van der Waals surface area contributed by atoms with Crippen LogP contribution in [0.3, 0.4) is 0 Å². The molecule has 29 heavy (non-hydrogen) atoms. The molecule has 2 heterocycles. The van der Waals surface area contributed by atoms with E-state index >= 15 is 0 Å². The van der Waals surface area contributed by atoms with Crippen LogP contribution in [0, 0.1) is 0 Å². The number of hydrogen-bond donors (Lipinski definition) is 2. The number of piperidine rings is 1. The molecule has 0 aliphatic carbocycles. The van der Waals surface area contributed by atoms with Crippen molar-refractivity contribution in [2.24, 2.45) is 4.99 Å². The van der Waals surface area contributed by atoms with Gasteiger partial charge in [0.15, 0.2) is 11.1 Å². The van der Waals surface area contributed by atoms with Crippen LogP contribution in [-0.4, -0.2) is 75.5 Å². The van der Waals surface area contributed by atoms with Crippen LogP contribution in [0.15, 0.2) is 29.3 Å². The number of rotatable bonds is 9. The highest BCUT2D eigenvalue weighted by Gasteiger charge is 2.21. The Hall–Kier alpha value is -1.17. The molecule has 0 bridgehead atoms. The van der Waals surface area contributed by atoms with E-state index in [1.54, 1.807) is 18.4 Å². The Labute approximate surface area is 194 Å². The summed E-state index contributed by atoms with van der Waals surface area (Å²) in [6.07, 6.45) is 3.39. The third kappa shape index (κ3) is 7.54. The number of thiazole rings is 1. The molecular weight excluding hydrogens is 501 g/mol. The number of ether oxygens (including phenoxy) is 2. The van der Waals surface area contributed by atoms with Crippen molar-refractivity contribution >= 4 is 56.6 Å². The third-order valence-electron chi connectivity index (χ3n) is 4.78. The minimum Gasteiger partial charge on any atom is -0.385 e. The van der Waals surface area contributed by atoms with Crippen molar-refractivity contribution in [3.8, 4) is 0 Å². The minimum atomic E-state index is 0. The number of nitrogens with one attached hydrogen (secondary N) is 2. The van der Waals surface area contributed by atoms with Gasteiger partial charge in [-0.3, -0.25) is 4.99 Å². The molecule has 7 nitrogen and oxygen atoms in total. The molecule has 1 aliphatic rings. The Kier molecular flexibility index (Phi) is 11.0. The van der Waals surface area contributed by atoms with Crippen LogP contribution in [0.25, 0.3) is 10.2 Å². The molecular formula is C20H32IN5O2S. The highest BCUT2D eigenvalue weighted by molar-refractivity contribution is 14.0. The predicted molar refractivity (Wildman–Crippen MR) is 132 cm³/mol. The van der Waals surface area contributed by atoms with E-state index in [1.165, 1.54) is 4.70 Å². The van der Waals surface area contributed by atoms with Crippen LogP contribution in [0.4, 0.5) is 5.13 Å². The topological polar surface area (TPSA) is 71.0 Å². The zero-order valence-corrected chi connectivity index (χ0v) is 20.4. The number of fused-ring (bicyclic) bond motifs is 1. The van der Waals surface area contributed by atoms with Gasteiger partial charge in [-0.1, -0.05) is 23.5 Å². The summed E-state index contributed by atoms with van der Waals surface area (Å²) in [4.78, 5) is 11.3. The lowest BCUT2D eigenvalue weighted by atomic mass is 10.1. The zero-order chi connectivity index (χ0) is 19.6. The van der Waals surface area contributed by atoms with E-state index in [0.717, 1.165) is 75.3 Å². The first-order valence-electron chi connectivity index (χ1n) is 9.95.